The van der Waals surface area contributed by atoms with E-state index in [-0.39, 0.29) is 0 Å². The average molecular weight is 219 g/mol. The Morgan fingerprint density at radius 1 is 1.56 bits per heavy atom. The maximum Gasteiger partial charge on any atom is 0.0490 e. The predicted octanol–water partition coefficient (Wildman–Crippen LogP) is 2.49. The van der Waals surface area contributed by atoms with Gasteiger partial charge < -0.3 is 5.32 Å². The van der Waals surface area contributed by atoms with Gasteiger partial charge in [-0.2, -0.15) is 5.10 Å². The highest BCUT2D eigenvalue weighted by Crippen LogP contribution is 2.29. The van der Waals surface area contributed by atoms with Crippen LogP contribution in [0.5, 0.6) is 0 Å². The highest BCUT2D eigenvalue weighted by molar-refractivity contribution is 5.09. The summed E-state index contributed by atoms with van der Waals surface area (Å²) in [5.41, 5.74) is 2.71. The molecule has 0 bridgehead atoms. The Hall–Kier alpha value is -1.09. The summed E-state index contributed by atoms with van der Waals surface area (Å²) in [5, 5.41) is 10.4. The minimum atomic E-state index is 0.705. The number of nitrogens with one attached hydrogen (secondary N) is 2. The third kappa shape index (κ3) is 2.73. The number of rotatable bonds is 4. The average Bonchev–Trinajstić information content (AvgIpc) is 2.75. The van der Waals surface area contributed by atoms with Crippen LogP contribution in [0.2, 0.25) is 0 Å². The molecule has 0 fully saturated rings. The molecule has 88 valence electrons. The Balaban J connectivity index is 1.80. The van der Waals surface area contributed by atoms with Crippen LogP contribution in [0.15, 0.2) is 23.9 Å². The van der Waals surface area contributed by atoms with Crippen LogP contribution in [0.1, 0.15) is 32.4 Å². The number of nitrogens with zero attached hydrogens (tertiary/aromatic N) is 1. The first-order valence-electron chi connectivity index (χ1n) is 6.13. The summed E-state index contributed by atoms with van der Waals surface area (Å²) < 4.78 is 0. The zero-order valence-corrected chi connectivity index (χ0v) is 10.2. The van der Waals surface area contributed by atoms with E-state index in [4.69, 9.17) is 0 Å². The van der Waals surface area contributed by atoms with Gasteiger partial charge in [0.1, 0.15) is 0 Å². The van der Waals surface area contributed by atoms with Crippen molar-refractivity contribution >= 4 is 0 Å². The lowest BCUT2D eigenvalue weighted by Gasteiger charge is -2.28. The van der Waals surface area contributed by atoms with E-state index in [1.54, 1.807) is 11.8 Å². The van der Waals surface area contributed by atoms with E-state index in [1.165, 1.54) is 12.8 Å². The largest absolute Gasteiger partial charge is 0.311 e. The topological polar surface area (TPSA) is 40.7 Å². The van der Waals surface area contributed by atoms with Gasteiger partial charge in [0.15, 0.2) is 0 Å². The number of hydrogen-bond acceptors (Lipinski definition) is 2. The van der Waals surface area contributed by atoms with E-state index < -0.39 is 0 Å². The van der Waals surface area contributed by atoms with Crippen molar-refractivity contribution in [2.45, 2.75) is 33.2 Å². The Morgan fingerprint density at radius 2 is 2.44 bits per heavy atom. The molecule has 0 aliphatic heterocycles. The van der Waals surface area contributed by atoms with Gasteiger partial charge in [-0.15, -0.1) is 0 Å². The van der Waals surface area contributed by atoms with Gasteiger partial charge >= 0.3 is 0 Å². The number of hydrogen-bond donors (Lipinski definition) is 2. The quantitative estimate of drug-likeness (QED) is 0.764. The van der Waals surface area contributed by atoms with E-state index in [1.807, 2.05) is 6.07 Å². The molecule has 1 aromatic heterocycles. The number of aromatic amines is 1. The third-order valence-electron chi connectivity index (χ3n) is 3.60. The van der Waals surface area contributed by atoms with Gasteiger partial charge in [0.25, 0.3) is 0 Å². The van der Waals surface area contributed by atoms with E-state index in [0.29, 0.717) is 5.92 Å². The minimum absolute atomic E-state index is 0.705. The Morgan fingerprint density at radius 3 is 3.12 bits per heavy atom. The first kappa shape index (κ1) is 11.4. The van der Waals surface area contributed by atoms with Gasteiger partial charge in [0, 0.05) is 25.0 Å². The lowest BCUT2D eigenvalue weighted by molar-refractivity contribution is 0.349. The first-order valence-corrected chi connectivity index (χ1v) is 6.13. The molecule has 0 saturated heterocycles. The molecule has 2 rings (SSSR count). The standard InChI is InChI=1S/C13H21N3/c1-10-4-3-5-11(2)13(10)9-14-8-12-6-7-15-16-12/h4,6-7,11,13-14H,3,5,8-9H2,1-2H3,(H,15,16)/t11-,13+/m1/s1. The molecule has 3 nitrogen and oxygen atoms in total. The van der Waals surface area contributed by atoms with Gasteiger partial charge in [-0.1, -0.05) is 18.6 Å². The Labute approximate surface area is 97.3 Å². The molecule has 0 spiro atoms. The SMILES string of the molecule is CC1=CCC[C@@H](C)[C@H]1CNCc1ccn[nH]1. The molecular weight excluding hydrogens is 198 g/mol. The molecular formula is C13H21N3. The zero-order chi connectivity index (χ0) is 11.4. The highest BCUT2D eigenvalue weighted by Gasteiger charge is 2.21. The van der Waals surface area contributed by atoms with Crippen molar-refractivity contribution < 1.29 is 0 Å². The van der Waals surface area contributed by atoms with Crippen molar-refractivity contribution in [2.24, 2.45) is 11.8 Å². The van der Waals surface area contributed by atoms with E-state index in [2.05, 4.69) is 35.4 Å². The summed E-state index contributed by atoms with van der Waals surface area (Å²) in [6.45, 7) is 6.58. The molecule has 2 atom stereocenters. The molecule has 0 unspecified atom stereocenters. The van der Waals surface area contributed by atoms with E-state index in [0.717, 1.165) is 24.7 Å². The van der Waals surface area contributed by atoms with Crippen molar-refractivity contribution in [3.8, 4) is 0 Å². The van der Waals surface area contributed by atoms with E-state index in [9.17, 15) is 0 Å². The van der Waals surface area contributed by atoms with Crippen LogP contribution in [0.25, 0.3) is 0 Å². The molecule has 1 aliphatic rings. The van der Waals surface area contributed by atoms with Crippen LogP contribution in [-0.4, -0.2) is 16.7 Å². The normalized spacial score (nSPS) is 25.5. The second kappa shape index (κ2) is 5.30. The molecule has 0 aromatic carbocycles. The second-order valence-electron chi connectivity index (χ2n) is 4.82. The molecule has 1 aromatic rings. The number of aromatic nitrogens is 2. The summed E-state index contributed by atoms with van der Waals surface area (Å²) in [5.74, 6) is 1.51. The van der Waals surface area contributed by atoms with Gasteiger partial charge in [0.2, 0.25) is 0 Å². The van der Waals surface area contributed by atoms with Crippen LogP contribution in [0.4, 0.5) is 0 Å². The van der Waals surface area contributed by atoms with Gasteiger partial charge in [-0.05, 0) is 37.7 Å². The Kier molecular flexibility index (Phi) is 3.78. The van der Waals surface area contributed by atoms with Crippen molar-refractivity contribution in [1.29, 1.82) is 0 Å². The van der Waals surface area contributed by atoms with E-state index >= 15 is 0 Å². The van der Waals surface area contributed by atoms with Crippen molar-refractivity contribution in [1.82, 2.24) is 15.5 Å². The molecule has 3 heteroatoms. The van der Waals surface area contributed by atoms with Crippen LogP contribution < -0.4 is 5.32 Å². The van der Waals surface area contributed by atoms with Crippen LogP contribution in [0, 0.1) is 11.8 Å². The summed E-state index contributed by atoms with van der Waals surface area (Å²) in [6, 6.07) is 2.01. The van der Waals surface area contributed by atoms with Crippen molar-refractivity contribution in [3.05, 3.63) is 29.6 Å². The van der Waals surface area contributed by atoms with Crippen molar-refractivity contribution in [2.75, 3.05) is 6.54 Å². The molecule has 0 amide bonds. The van der Waals surface area contributed by atoms with Gasteiger partial charge in [0.05, 0.1) is 0 Å². The van der Waals surface area contributed by atoms with Gasteiger partial charge in [-0.25, -0.2) is 0 Å². The molecule has 16 heavy (non-hydrogen) atoms. The highest BCUT2D eigenvalue weighted by atomic mass is 15.1. The molecule has 1 heterocycles. The maximum absolute atomic E-state index is 3.94. The third-order valence-corrected chi connectivity index (χ3v) is 3.60. The molecule has 1 aliphatic carbocycles. The summed E-state index contributed by atoms with van der Waals surface area (Å²) in [6.07, 6.45) is 6.77. The fourth-order valence-corrected chi connectivity index (χ4v) is 2.48. The predicted molar refractivity (Wildman–Crippen MR) is 65.9 cm³/mol. The fraction of sp³-hybridized carbons (Fsp3) is 0.615. The molecule has 0 radical (unpaired) electrons. The number of allylic oxidation sites excluding steroid dienone is 1. The Bertz CT molecular complexity index is 340. The number of H-pyrrole nitrogens is 1. The zero-order valence-electron chi connectivity index (χ0n) is 10.2. The van der Waals surface area contributed by atoms with Crippen LogP contribution in [-0.2, 0) is 6.54 Å². The fourth-order valence-electron chi connectivity index (χ4n) is 2.48. The maximum atomic E-state index is 3.94. The minimum Gasteiger partial charge on any atom is -0.311 e. The summed E-state index contributed by atoms with van der Waals surface area (Å²) in [4.78, 5) is 0. The summed E-state index contributed by atoms with van der Waals surface area (Å²) >= 11 is 0. The lowest BCUT2D eigenvalue weighted by Crippen LogP contribution is -2.29. The van der Waals surface area contributed by atoms with Crippen molar-refractivity contribution in [3.63, 3.8) is 0 Å². The lowest BCUT2D eigenvalue weighted by atomic mass is 9.80. The summed E-state index contributed by atoms with van der Waals surface area (Å²) in [7, 11) is 0. The first-order chi connectivity index (χ1) is 7.77. The van der Waals surface area contributed by atoms with Gasteiger partial charge in [-0.3, -0.25) is 5.10 Å². The smallest absolute Gasteiger partial charge is 0.0490 e. The monoisotopic (exact) mass is 219 g/mol. The van der Waals surface area contributed by atoms with Crippen LogP contribution >= 0.6 is 0 Å². The molecule has 0 saturated carbocycles. The second-order valence-corrected chi connectivity index (χ2v) is 4.82. The van der Waals surface area contributed by atoms with Crippen LogP contribution in [0.3, 0.4) is 0 Å². The molecule has 2 N–H and O–H groups in total.